The van der Waals surface area contributed by atoms with E-state index in [-0.39, 0.29) is 11.3 Å². The molecule has 1 aliphatic carbocycles. The second kappa shape index (κ2) is 4.67. The maximum Gasteiger partial charge on any atom is 0.231 e. The lowest BCUT2D eigenvalue weighted by Crippen LogP contribution is -2.32. The molecule has 3 nitrogen and oxygen atoms in total. The van der Waals surface area contributed by atoms with Gasteiger partial charge in [-0.1, -0.05) is 11.6 Å². The predicted molar refractivity (Wildman–Crippen MR) is 70.4 cm³/mol. The Morgan fingerprint density at radius 2 is 2.18 bits per heavy atom. The van der Waals surface area contributed by atoms with E-state index in [1.165, 1.54) is 0 Å². The first-order valence-corrected chi connectivity index (χ1v) is 6.17. The largest absolute Gasteiger partial charge is 0.325 e. The first-order valence-electron chi connectivity index (χ1n) is 5.80. The molecule has 0 saturated heterocycles. The van der Waals surface area contributed by atoms with Crippen molar-refractivity contribution in [3.05, 3.63) is 28.8 Å². The van der Waals surface area contributed by atoms with Crippen LogP contribution in [0.1, 0.15) is 18.4 Å². The van der Waals surface area contributed by atoms with Crippen LogP contribution < -0.4 is 10.6 Å². The van der Waals surface area contributed by atoms with Gasteiger partial charge in [0.15, 0.2) is 0 Å². The predicted octanol–water partition coefficient (Wildman–Crippen LogP) is 2.59. The van der Waals surface area contributed by atoms with Crippen LogP contribution in [0.3, 0.4) is 0 Å². The number of anilines is 1. The highest BCUT2D eigenvalue weighted by atomic mass is 35.5. The molecular formula is C13H17ClN2O. The summed E-state index contributed by atoms with van der Waals surface area (Å²) in [6, 6.07) is 5.50. The third-order valence-electron chi connectivity index (χ3n) is 3.29. The lowest BCUT2D eigenvalue weighted by molar-refractivity contribution is -0.120. The van der Waals surface area contributed by atoms with Gasteiger partial charge in [-0.2, -0.15) is 0 Å². The monoisotopic (exact) mass is 252 g/mol. The number of hydrogen-bond acceptors (Lipinski definition) is 2. The number of nitrogens with one attached hydrogen (secondary N) is 2. The van der Waals surface area contributed by atoms with Crippen molar-refractivity contribution in [2.75, 3.05) is 18.9 Å². The maximum atomic E-state index is 12.1. The Morgan fingerprint density at radius 1 is 1.47 bits per heavy atom. The number of carbonyl (C=O) groups is 1. The Morgan fingerprint density at radius 3 is 2.71 bits per heavy atom. The van der Waals surface area contributed by atoms with Gasteiger partial charge in [-0.3, -0.25) is 4.79 Å². The van der Waals surface area contributed by atoms with Gasteiger partial charge in [0.05, 0.1) is 5.41 Å². The van der Waals surface area contributed by atoms with Crippen LogP contribution in [0.15, 0.2) is 18.2 Å². The van der Waals surface area contributed by atoms with Crippen LogP contribution in [0.4, 0.5) is 5.69 Å². The fourth-order valence-electron chi connectivity index (χ4n) is 2.00. The number of rotatable bonds is 4. The standard InChI is InChI=1S/C13H17ClN2O/c1-9-7-10(14)3-4-11(9)16-12(17)13(5-6-13)8-15-2/h3-4,7,15H,5-6,8H2,1-2H3,(H,16,17). The number of hydrogen-bond donors (Lipinski definition) is 2. The highest BCUT2D eigenvalue weighted by molar-refractivity contribution is 6.30. The van der Waals surface area contributed by atoms with E-state index in [2.05, 4.69) is 10.6 Å². The molecule has 4 heteroatoms. The minimum Gasteiger partial charge on any atom is -0.325 e. The van der Waals surface area contributed by atoms with E-state index in [0.717, 1.165) is 30.6 Å². The van der Waals surface area contributed by atoms with E-state index in [9.17, 15) is 4.79 Å². The highest BCUT2D eigenvalue weighted by Crippen LogP contribution is 2.46. The van der Waals surface area contributed by atoms with Crippen LogP contribution in [-0.4, -0.2) is 19.5 Å². The van der Waals surface area contributed by atoms with Gasteiger partial charge in [0.1, 0.15) is 0 Å². The van der Waals surface area contributed by atoms with Gasteiger partial charge in [0, 0.05) is 17.3 Å². The quantitative estimate of drug-likeness (QED) is 0.865. The van der Waals surface area contributed by atoms with Crippen molar-refractivity contribution in [1.82, 2.24) is 5.32 Å². The van der Waals surface area contributed by atoms with Gasteiger partial charge in [-0.05, 0) is 50.6 Å². The van der Waals surface area contributed by atoms with Crippen LogP contribution in [-0.2, 0) is 4.79 Å². The molecule has 2 N–H and O–H groups in total. The van der Waals surface area contributed by atoms with Crippen LogP contribution in [0, 0.1) is 12.3 Å². The van der Waals surface area contributed by atoms with E-state index >= 15 is 0 Å². The molecule has 0 spiro atoms. The fourth-order valence-corrected chi connectivity index (χ4v) is 2.22. The van der Waals surface area contributed by atoms with Crippen molar-refractivity contribution >= 4 is 23.2 Å². The van der Waals surface area contributed by atoms with Crippen LogP contribution in [0.2, 0.25) is 5.02 Å². The molecule has 0 bridgehead atoms. The van der Waals surface area contributed by atoms with Gasteiger partial charge in [0.25, 0.3) is 0 Å². The summed E-state index contributed by atoms with van der Waals surface area (Å²) in [5, 5.41) is 6.76. The van der Waals surface area contributed by atoms with Gasteiger partial charge < -0.3 is 10.6 Å². The summed E-state index contributed by atoms with van der Waals surface area (Å²) in [6.07, 6.45) is 1.93. The zero-order valence-electron chi connectivity index (χ0n) is 10.1. The molecule has 17 heavy (non-hydrogen) atoms. The van der Waals surface area contributed by atoms with Gasteiger partial charge in [0.2, 0.25) is 5.91 Å². The number of benzene rings is 1. The van der Waals surface area contributed by atoms with Gasteiger partial charge in [-0.25, -0.2) is 0 Å². The molecule has 0 aromatic heterocycles. The van der Waals surface area contributed by atoms with Crippen molar-refractivity contribution in [3.63, 3.8) is 0 Å². The van der Waals surface area contributed by atoms with E-state index in [4.69, 9.17) is 11.6 Å². The molecule has 2 rings (SSSR count). The second-order valence-corrected chi connectivity index (χ2v) is 5.16. The van der Waals surface area contributed by atoms with Crippen molar-refractivity contribution in [3.8, 4) is 0 Å². The Labute approximate surface area is 107 Å². The molecule has 0 radical (unpaired) electrons. The average Bonchev–Trinajstić information content (AvgIpc) is 3.04. The Kier molecular flexibility index (Phi) is 3.40. The van der Waals surface area contributed by atoms with Gasteiger partial charge >= 0.3 is 0 Å². The smallest absolute Gasteiger partial charge is 0.231 e. The minimum atomic E-state index is -0.194. The van der Waals surface area contributed by atoms with Crippen molar-refractivity contribution in [1.29, 1.82) is 0 Å². The maximum absolute atomic E-state index is 12.1. The Balaban J connectivity index is 2.08. The number of carbonyl (C=O) groups excluding carboxylic acids is 1. The van der Waals surface area contributed by atoms with Gasteiger partial charge in [-0.15, -0.1) is 0 Å². The molecule has 1 amide bonds. The van der Waals surface area contributed by atoms with E-state index in [1.807, 2.05) is 26.1 Å². The first kappa shape index (κ1) is 12.4. The summed E-state index contributed by atoms with van der Waals surface area (Å²) < 4.78 is 0. The number of aryl methyl sites for hydroxylation is 1. The lowest BCUT2D eigenvalue weighted by atomic mass is 10.1. The summed E-state index contributed by atoms with van der Waals surface area (Å²) >= 11 is 5.88. The highest BCUT2D eigenvalue weighted by Gasteiger charge is 2.49. The average molecular weight is 253 g/mol. The summed E-state index contributed by atoms with van der Waals surface area (Å²) in [5.41, 5.74) is 1.65. The SMILES string of the molecule is CNCC1(C(=O)Nc2ccc(Cl)cc2C)CC1. The molecule has 0 heterocycles. The topological polar surface area (TPSA) is 41.1 Å². The molecular weight excluding hydrogens is 236 g/mol. The third-order valence-corrected chi connectivity index (χ3v) is 3.52. The molecule has 1 aliphatic rings. The summed E-state index contributed by atoms with van der Waals surface area (Å²) in [4.78, 5) is 12.1. The Bertz CT molecular complexity index is 441. The number of halogens is 1. The summed E-state index contributed by atoms with van der Waals surface area (Å²) in [5.74, 6) is 0.109. The number of amides is 1. The third kappa shape index (κ3) is 2.61. The molecule has 0 aliphatic heterocycles. The van der Waals surface area contributed by atoms with Crippen LogP contribution >= 0.6 is 11.6 Å². The minimum absolute atomic E-state index is 0.109. The van der Waals surface area contributed by atoms with Crippen LogP contribution in [0.5, 0.6) is 0 Å². The van der Waals surface area contributed by atoms with Crippen LogP contribution in [0.25, 0.3) is 0 Å². The molecule has 1 aromatic rings. The van der Waals surface area contributed by atoms with E-state index in [0.29, 0.717) is 5.02 Å². The normalized spacial score (nSPS) is 16.6. The molecule has 0 atom stereocenters. The zero-order chi connectivity index (χ0) is 12.5. The molecule has 0 unspecified atom stereocenters. The molecule has 1 fully saturated rings. The molecule has 92 valence electrons. The van der Waals surface area contributed by atoms with Crippen molar-refractivity contribution in [2.24, 2.45) is 5.41 Å². The van der Waals surface area contributed by atoms with Crippen molar-refractivity contribution in [2.45, 2.75) is 19.8 Å². The summed E-state index contributed by atoms with van der Waals surface area (Å²) in [6.45, 7) is 2.69. The molecule has 1 aromatic carbocycles. The lowest BCUT2D eigenvalue weighted by Gasteiger charge is -2.16. The molecule has 1 saturated carbocycles. The second-order valence-electron chi connectivity index (χ2n) is 4.72. The Hall–Kier alpha value is -1.06. The van der Waals surface area contributed by atoms with E-state index in [1.54, 1.807) is 6.07 Å². The fraction of sp³-hybridized carbons (Fsp3) is 0.462. The zero-order valence-corrected chi connectivity index (χ0v) is 10.9. The first-order chi connectivity index (χ1) is 8.07. The van der Waals surface area contributed by atoms with E-state index < -0.39 is 0 Å². The summed E-state index contributed by atoms with van der Waals surface area (Å²) in [7, 11) is 1.88. The van der Waals surface area contributed by atoms with Crippen molar-refractivity contribution < 1.29 is 4.79 Å².